The van der Waals surface area contributed by atoms with Gasteiger partial charge >= 0.3 is 5.97 Å². The van der Waals surface area contributed by atoms with Crippen molar-refractivity contribution in [1.29, 1.82) is 0 Å². The van der Waals surface area contributed by atoms with E-state index in [1.807, 2.05) is 28.8 Å². The van der Waals surface area contributed by atoms with E-state index < -0.39 is 5.97 Å². The normalized spacial score (nSPS) is 10.8. The zero-order valence-corrected chi connectivity index (χ0v) is 17.2. The maximum absolute atomic E-state index is 12.2. The number of rotatable bonds is 7. The van der Waals surface area contributed by atoms with Crippen molar-refractivity contribution in [3.63, 3.8) is 0 Å². The van der Waals surface area contributed by atoms with Crippen molar-refractivity contribution in [2.24, 2.45) is 0 Å². The Balaban J connectivity index is 1.62. The number of esters is 1. The van der Waals surface area contributed by atoms with Crippen LogP contribution in [0.3, 0.4) is 0 Å². The van der Waals surface area contributed by atoms with E-state index in [-0.39, 0.29) is 11.7 Å². The highest BCUT2D eigenvalue weighted by molar-refractivity contribution is 6.30. The zero-order chi connectivity index (χ0) is 21.5. The van der Waals surface area contributed by atoms with Crippen LogP contribution in [0.25, 0.3) is 6.08 Å². The van der Waals surface area contributed by atoms with Gasteiger partial charge in [0.1, 0.15) is 0 Å². The molecular weight excluding hydrogens is 406 g/mol. The van der Waals surface area contributed by atoms with Gasteiger partial charge in [-0.15, -0.1) is 0 Å². The number of carbonyl (C=O) groups is 2. The number of imidazole rings is 1. The lowest BCUT2D eigenvalue weighted by Gasteiger charge is -2.08. The first-order valence-corrected chi connectivity index (χ1v) is 9.42. The first kappa shape index (κ1) is 21.1. The van der Waals surface area contributed by atoms with E-state index in [0.717, 1.165) is 5.56 Å². The number of carbonyl (C=O) groups excluding carboxylic acids is 2. The summed E-state index contributed by atoms with van der Waals surface area (Å²) in [4.78, 5) is 27.6. The lowest BCUT2D eigenvalue weighted by atomic mass is 10.2. The highest BCUT2D eigenvalue weighted by Crippen LogP contribution is 2.28. The van der Waals surface area contributed by atoms with Crippen molar-refractivity contribution >= 4 is 35.4 Å². The number of ether oxygens (including phenoxy) is 2. The molecule has 1 heterocycles. The van der Waals surface area contributed by atoms with Gasteiger partial charge in [-0.2, -0.15) is 0 Å². The lowest BCUT2D eigenvalue weighted by molar-refractivity contribution is -0.132. The maximum Gasteiger partial charge on any atom is 0.308 e. The van der Waals surface area contributed by atoms with Crippen molar-refractivity contribution < 1.29 is 19.1 Å². The predicted octanol–water partition coefficient (Wildman–Crippen LogP) is 4.17. The second-order valence-electron chi connectivity index (χ2n) is 6.39. The van der Waals surface area contributed by atoms with E-state index in [2.05, 4.69) is 10.3 Å². The standard InChI is InChI=1S/C22H20ClN3O4/c1-15(27)30-20-11-16(6-8-19(20)29-2)7-9-22(28)25-21-13-26(14-24-21)12-17-4-3-5-18(23)10-17/h3-11,13-14H,12H2,1-2H3,(H,25,28)/b9-7+. The summed E-state index contributed by atoms with van der Waals surface area (Å²) in [6, 6.07) is 12.6. The van der Waals surface area contributed by atoms with Crippen LogP contribution in [0.2, 0.25) is 5.02 Å². The average molecular weight is 426 g/mol. The van der Waals surface area contributed by atoms with Gasteiger partial charge in [0.05, 0.1) is 13.4 Å². The third-order valence-corrected chi connectivity index (χ3v) is 4.24. The van der Waals surface area contributed by atoms with Crippen LogP contribution in [0.4, 0.5) is 5.82 Å². The summed E-state index contributed by atoms with van der Waals surface area (Å²) in [5.74, 6) is 0.347. The van der Waals surface area contributed by atoms with E-state index in [0.29, 0.717) is 28.7 Å². The number of nitrogens with one attached hydrogen (secondary N) is 1. The Morgan fingerprint density at radius 3 is 2.77 bits per heavy atom. The minimum atomic E-state index is -0.458. The summed E-state index contributed by atoms with van der Waals surface area (Å²) >= 11 is 6.00. The van der Waals surface area contributed by atoms with Crippen molar-refractivity contribution in [2.45, 2.75) is 13.5 Å². The summed E-state index contributed by atoms with van der Waals surface area (Å²) in [6.07, 6.45) is 6.34. The van der Waals surface area contributed by atoms with Crippen LogP contribution in [-0.4, -0.2) is 28.5 Å². The molecule has 1 aromatic heterocycles. The van der Waals surface area contributed by atoms with Gasteiger partial charge < -0.3 is 19.4 Å². The molecule has 0 aliphatic carbocycles. The molecule has 3 aromatic rings. The number of halogens is 1. The van der Waals surface area contributed by atoms with E-state index in [9.17, 15) is 9.59 Å². The first-order chi connectivity index (χ1) is 14.4. The molecule has 30 heavy (non-hydrogen) atoms. The number of hydrogen-bond acceptors (Lipinski definition) is 5. The van der Waals surface area contributed by atoms with Crippen molar-refractivity contribution in [3.8, 4) is 11.5 Å². The van der Waals surface area contributed by atoms with E-state index in [4.69, 9.17) is 21.1 Å². The van der Waals surface area contributed by atoms with Crippen LogP contribution in [0, 0.1) is 0 Å². The Hall–Kier alpha value is -3.58. The van der Waals surface area contributed by atoms with Crippen LogP contribution in [0.5, 0.6) is 11.5 Å². The molecular formula is C22H20ClN3O4. The molecule has 0 spiro atoms. The summed E-state index contributed by atoms with van der Waals surface area (Å²) in [5.41, 5.74) is 1.70. The minimum absolute atomic E-state index is 0.285. The van der Waals surface area contributed by atoms with Gasteiger partial charge in [-0.1, -0.05) is 29.8 Å². The topological polar surface area (TPSA) is 82.4 Å². The third-order valence-electron chi connectivity index (χ3n) is 4.01. The second kappa shape index (κ2) is 9.76. The molecule has 3 rings (SSSR count). The third kappa shape index (κ3) is 5.96. The Labute approximate surface area is 178 Å². The van der Waals surface area contributed by atoms with Gasteiger partial charge in [-0.25, -0.2) is 4.98 Å². The Bertz CT molecular complexity index is 1090. The van der Waals surface area contributed by atoms with Gasteiger partial charge in [0.2, 0.25) is 5.91 Å². The molecule has 0 unspecified atom stereocenters. The Morgan fingerprint density at radius 2 is 2.03 bits per heavy atom. The largest absolute Gasteiger partial charge is 0.493 e. The Morgan fingerprint density at radius 1 is 1.20 bits per heavy atom. The summed E-state index contributed by atoms with van der Waals surface area (Å²) in [6.45, 7) is 1.89. The molecule has 0 fully saturated rings. The number of nitrogens with zero attached hydrogens (tertiary/aromatic N) is 2. The molecule has 7 nitrogen and oxygen atoms in total. The van der Waals surface area contributed by atoms with Crippen LogP contribution in [0.1, 0.15) is 18.1 Å². The van der Waals surface area contributed by atoms with Gasteiger partial charge in [-0.3, -0.25) is 9.59 Å². The average Bonchev–Trinajstić information content (AvgIpc) is 3.12. The van der Waals surface area contributed by atoms with Gasteiger partial charge in [0, 0.05) is 30.8 Å². The molecule has 1 N–H and O–H groups in total. The van der Waals surface area contributed by atoms with E-state index >= 15 is 0 Å². The molecule has 0 saturated heterocycles. The van der Waals surface area contributed by atoms with Gasteiger partial charge in [0.25, 0.3) is 0 Å². The van der Waals surface area contributed by atoms with Crippen molar-refractivity contribution in [2.75, 3.05) is 12.4 Å². The van der Waals surface area contributed by atoms with Crippen LogP contribution in [0.15, 0.2) is 61.1 Å². The van der Waals surface area contributed by atoms with Crippen molar-refractivity contribution in [3.05, 3.63) is 77.2 Å². The van der Waals surface area contributed by atoms with Crippen LogP contribution < -0.4 is 14.8 Å². The SMILES string of the molecule is COc1ccc(/C=C/C(=O)Nc2cn(Cc3cccc(Cl)c3)cn2)cc1OC(C)=O. The molecule has 0 saturated carbocycles. The fourth-order valence-electron chi connectivity index (χ4n) is 2.73. The number of benzene rings is 2. The molecule has 0 bridgehead atoms. The summed E-state index contributed by atoms with van der Waals surface area (Å²) in [7, 11) is 1.48. The predicted molar refractivity (Wildman–Crippen MR) is 115 cm³/mol. The number of aromatic nitrogens is 2. The maximum atomic E-state index is 12.2. The molecule has 0 radical (unpaired) electrons. The molecule has 154 valence electrons. The zero-order valence-electron chi connectivity index (χ0n) is 16.5. The molecule has 0 atom stereocenters. The molecule has 1 amide bonds. The fraction of sp³-hybridized carbons (Fsp3) is 0.136. The Kier molecular flexibility index (Phi) is 6.87. The summed E-state index contributed by atoms with van der Waals surface area (Å²) in [5, 5.41) is 3.37. The number of amides is 1. The monoisotopic (exact) mass is 425 g/mol. The van der Waals surface area contributed by atoms with E-state index in [1.165, 1.54) is 20.1 Å². The van der Waals surface area contributed by atoms with Crippen LogP contribution in [-0.2, 0) is 16.1 Å². The van der Waals surface area contributed by atoms with Gasteiger partial charge in [-0.05, 0) is 41.5 Å². The quantitative estimate of drug-likeness (QED) is 0.349. The number of methoxy groups -OCH3 is 1. The first-order valence-electron chi connectivity index (χ1n) is 9.04. The molecule has 0 aliphatic heterocycles. The minimum Gasteiger partial charge on any atom is -0.493 e. The molecule has 2 aromatic carbocycles. The highest BCUT2D eigenvalue weighted by Gasteiger charge is 2.08. The van der Waals surface area contributed by atoms with Crippen molar-refractivity contribution in [1.82, 2.24) is 9.55 Å². The van der Waals surface area contributed by atoms with Crippen LogP contribution >= 0.6 is 11.6 Å². The van der Waals surface area contributed by atoms with Gasteiger partial charge in [0.15, 0.2) is 17.3 Å². The summed E-state index contributed by atoms with van der Waals surface area (Å²) < 4.78 is 12.1. The fourth-order valence-corrected chi connectivity index (χ4v) is 2.94. The van der Waals surface area contributed by atoms with E-state index in [1.54, 1.807) is 36.8 Å². The second-order valence-corrected chi connectivity index (χ2v) is 6.82. The highest BCUT2D eigenvalue weighted by atomic mass is 35.5. The number of anilines is 1. The molecule has 8 heteroatoms. The number of hydrogen-bond donors (Lipinski definition) is 1. The smallest absolute Gasteiger partial charge is 0.308 e. The molecule has 0 aliphatic rings. The lowest BCUT2D eigenvalue weighted by Crippen LogP contribution is -2.08.